The van der Waals surface area contributed by atoms with Crippen molar-refractivity contribution in [3.05, 3.63) is 35.4 Å². The van der Waals surface area contributed by atoms with Gasteiger partial charge in [0.1, 0.15) is 0 Å². The molecular weight excluding hydrogens is 248 g/mol. The molecule has 0 saturated carbocycles. The summed E-state index contributed by atoms with van der Waals surface area (Å²) in [7, 11) is 1.83. The number of nitrogens with zero attached hydrogens (tertiary/aromatic N) is 1. The van der Waals surface area contributed by atoms with E-state index in [1.807, 2.05) is 38.2 Å². The molecule has 0 aliphatic heterocycles. The normalized spacial score (nSPS) is 10.7. The van der Waals surface area contributed by atoms with Gasteiger partial charge in [-0.1, -0.05) is 32.0 Å². The van der Waals surface area contributed by atoms with E-state index in [4.69, 9.17) is 5.73 Å². The highest BCUT2D eigenvalue weighted by Gasteiger charge is 2.22. The molecule has 1 rings (SSSR count). The summed E-state index contributed by atoms with van der Waals surface area (Å²) in [5.41, 5.74) is 7.41. The molecule has 3 nitrogen and oxygen atoms in total. The Kier molecular flexibility index (Phi) is 6.36. The minimum absolute atomic E-state index is 0. The molecule has 0 heterocycles. The smallest absolute Gasteiger partial charge is 0.253 e. The Bertz CT molecular complexity index is 405. The van der Waals surface area contributed by atoms with Gasteiger partial charge in [0.2, 0.25) is 0 Å². The van der Waals surface area contributed by atoms with Gasteiger partial charge in [0, 0.05) is 19.2 Å². The number of carbonyl (C=O) groups is 1. The fourth-order valence-electron chi connectivity index (χ4n) is 1.80. The summed E-state index contributed by atoms with van der Waals surface area (Å²) in [6.45, 7) is 7.31. The number of hydrogen-bond donors (Lipinski definition) is 1. The predicted octanol–water partition coefficient (Wildman–Crippen LogP) is 2.47. The second-order valence-corrected chi connectivity index (χ2v) is 5.34. The average molecular weight is 271 g/mol. The van der Waals surface area contributed by atoms with Crippen molar-refractivity contribution in [3.8, 4) is 0 Å². The van der Waals surface area contributed by atoms with Crippen LogP contribution in [0.3, 0.4) is 0 Å². The van der Waals surface area contributed by atoms with Crippen LogP contribution in [0.25, 0.3) is 0 Å². The zero-order chi connectivity index (χ0) is 13.1. The summed E-state index contributed by atoms with van der Waals surface area (Å²) in [4.78, 5) is 14.0. The van der Waals surface area contributed by atoms with Crippen LogP contribution in [0.2, 0.25) is 0 Å². The number of halogens is 1. The molecule has 2 N–H and O–H groups in total. The summed E-state index contributed by atoms with van der Waals surface area (Å²) in [5, 5.41) is 0. The van der Waals surface area contributed by atoms with Crippen LogP contribution >= 0.6 is 12.4 Å². The molecule has 18 heavy (non-hydrogen) atoms. The Morgan fingerprint density at radius 1 is 1.33 bits per heavy atom. The van der Waals surface area contributed by atoms with Crippen molar-refractivity contribution in [2.75, 3.05) is 20.1 Å². The van der Waals surface area contributed by atoms with Crippen molar-refractivity contribution < 1.29 is 4.79 Å². The Morgan fingerprint density at radius 3 is 2.39 bits per heavy atom. The number of nitrogens with two attached hydrogens (primary N) is 1. The molecule has 0 aliphatic carbocycles. The van der Waals surface area contributed by atoms with Crippen molar-refractivity contribution in [2.24, 2.45) is 11.1 Å². The first-order valence-electron chi connectivity index (χ1n) is 5.88. The molecule has 1 aromatic carbocycles. The van der Waals surface area contributed by atoms with Gasteiger partial charge in [-0.25, -0.2) is 0 Å². The Hall–Kier alpha value is -1.06. The maximum Gasteiger partial charge on any atom is 0.253 e. The van der Waals surface area contributed by atoms with E-state index in [1.54, 1.807) is 4.90 Å². The zero-order valence-electron chi connectivity index (χ0n) is 11.6. The third-order valence-corrected chi connectivity index (χ3v) is 2.94. The lowest BCUT2D eigenvalue weighted by Crippen LogP contribution is -2.39. The van der Waals surface area contributed by atoms with Gasteiger partial charge in [-0.3, -0.25) is 4.79 Å². The van der Waals surface area contributed by atoms with E-state index in [0.29, 0.717) is 13.1 Å². The second-order valence-electron chi connectivity index (χ2n) is 5.34. The van der Waals surface area contributed by atoms with Crippen molar-refractivity contribution >= 4 is 18.3 Å². The molecule has 0 atom stereocenters. The first-order valence-corrected chi connectivity index (χ1v) is 5.88. The molecule has 102 valence electrons. The van der Waals surface area contributed by atoms with Crippen LogP contribution in [-0.4, -0.2) is 30.9 Å². The van der Waals surface area contributed by atoms with Gasteiger partial charge in [-0.05, 0) is 30.5 Å². The highest BCUT2D eigenvalue weighted by atomic mass is 35.5. The standard InChI is InChI=1S/C14H22N2O.ClH/c1-11-7-5-6-8-12(11)13(17)16(4)10-14(2,3)9-15;/h5-8H,9-10,15H2,1-4H3;1H. The van der Waals surface area contributed by atoms with Crippen molar-refractivity contribution in [1.82, 2.24) is 4.90 Å². The maximum atomic E-state index is 12.2. The van der Waals surface area contributed by atoms with Gasteiger partial charge in [-0.2, -0.15) is 0 Å². The monoisotopic (exact) mass is 270 g/mol. The van der Waals surface area contributed by atoms with Crippen molar-refractivity contribution in [1.29, 1.82) is 0 Å². The fourth-order valence-corrected chi connectivity index (χ4v) is 1.80. The lowest BCUT2D eigenvalue weighted by molar-refractivity contribution is 0.0740. The van der Waals surface area contributed by atoms with Gasteiger partial charge in [0.05, 0.1) is 0 Å². The molecular formula is C14H23ClN2O. The largest absolute Gasteiger partial charge is 0.341 e. The first-order chi connectivity index (χ1) is 7.87. The Labute approximate surface area is 116 Å². The molecule has 0 aliphatic rings. The van der Waals surface area contributed by atoms with Crippen LogP contribution in [-0.2, 0) is 0 Å². The van der Waals surface area contributed by atoms with Crippen LogP contribution in [0.4, 0.5) is 0 Å². The van der Waals surface area contributed by atoms with Crippen LogP contribution in [0, 0.1) is 12.3 Å². The maximum absolute atomic E-state index is 12.2. The minimum atomic E-state index is -0.0485. The number of benzene rings is 1. The number of carbonyl (C=O) groups excluding carboxylic acids is 1. The molecule has 0 spiro atoms. The second kappa shape index (κ2) is 6.76. The third-order valence-electron chi connectivity index (χ3n) is 2.94. The van der Waals surface area contributed by atoms with E-state index < -0.39 is 0 Å². The molecule has 0 radical (unpaired) electrons. The lowest BCUT2D eigenvalue weighted by atomic mass is 9.93. The Balaban J connectivity index is 0.00000289. The SMILES string of the molecule is Cc1ccccc1C(=O)N(C)CC(C)(C)CN.Cl. The summed E-state index contributed by atoms with van der Waals surface area (Å²) in [5.74, 6) is 0.0598. The van der Waals surface area contributed by atoms with Gasteiger partial charge >= 0.3 is 0 Å². The Morgan fingerprint density at radius 2 is 1.89 bits per heavy atom. The van der Waals surface area contributed by atoms with Crippen LogP contribution in [0.1, 0.15) is 29.8 Å². The van der Waals surface area contributed by atoms with Crippen LogP contribution < -0.4 is 5.73 Å². The number of amides is 1. The molecule has 0 saturated heterocycles. The van der Waals surface area contributed by atoms with E-state index in [0.717, 1.165) is 11.1 Å². The molecule has 0 fully saturated rings. The first kappa shape index (κ1) is 16.9. The van der Waals surface area contributed by atoms with Crippen LogP contribution in [0.5, 0.6) is 0 Å². The van der Waals surface area contributed by atoms with Crippen molar-refractivity contribution in [2.45, 2.75) is 20.8 Å². The van der Waals surface area contributed by atoms with E-state index in [9.17, 15) is 4.79 Å². The fraction of sp³-hybridized carbons (Fsp3) is 0.500. The molecule has 0 unspecified atom stereocenters. The topological polar surface area (TPSA) is 46.3 Å². The van der Waals surface area contributed by atoms with E-state index >= 15 is 0 Å². The highest BCUT2D eigenvalue weighted by molar-refractivity contribution is 5.95. The average Bonchev–Trinajstić information content (AvgIpc) is 2.28. The molecule has 1 aromatic rings. The number of rotatable bonds is 4. The number of hydrogen-bond acceptors (Lipinski definition) is 2. The van der Waals surface area contributed by atoms with Crippen LogP contribution in [0.15, 0.2) is 24.3 Å². The molecule has 0 aromatic heterocycles. The van der Waals surface area contributed by atoms with Gasteiger partial charge in [0.15, 0.2) is 0 Å². The molecule has 1 amide bonds. The molecule has 4 heteroatoms. The van der Waals surface area contributed by atoms with Gasteiger partial charge < -0.3 is 10.6 Å². The highest BCUT2D eigenvalue weighted by Crippen LogP contribution is 2.16. The quantitative estimate of drug-likeness (QED) is 0.914. The van der Waals surface area contributed by atoms with Gasteiger partial charge in [-0.15, -0.1) is 12.4 Å². The van der Waals surface area contributed by atoms with Gasteiger partial charge in [0.25, 0.3) is 5.91 Å². The summed E-state index contributed by atoms with van der Waals surface area (Å²) < 4.78 is 0. The zero-order valence-corrected chi connectivity index (χ0v) is 12.4. The van der Waals surface area contributed by atoms with E-state index in [2.05, 4.69) is 13.8 Å². The third kappa shape index (κ3) is 4.31. The van der Waals surface area contributed by atoms with E-state index in [1.165, 1.54) is 0 Å². The summed E-state index contributed by atoms with van der Waals surface area (Å²) in [6.07, 6.45) is 0. The minimum Gasteiger partial charge on any atom is -0.341 e. The summed E-state index contributed by atoms with van der Waals surface area (Å²) in [6, 6.07) is 7.65. The van der Waals surface area contributed by atoms with Crippen molar-refractivity contribution in [3.63, 3.8) is 0 Å². The summed E-state index contributed by atoms with van der Waals surface area (Å²) >= 11 is 0. The lowest BCUT2D eigenvalue weighted by Gasteiger charge is -2.29. The predicted molar refractivity (Wildman–Crippen MR) is 78.2 cm³/mol. The molecule has 0 bridgehead atoms. The number of aryl methyl sites for hydroxylation is 1. The van der Waals surface area contributed by atoms with E-state index in [-0.39, 0.29) is 23.7 Å².